The second kappa shape index (κ2) is 6.05. The monoisotopic (exact) mass is 333 g/mol. The average molecular weight is 333 g/mol. The quantitative estimate of drug-likeness (QED) is 0.525. The van der Waals surface area contributed by atoms with Crippen LogP contribution in [0.5, 0.6) is 5.75 Å². The van der Waals surface area contributed by atoms with Gasteiger partial charge in [-0.3, -0.25) is 10.1 Å². The molecule has 23 heavy (non-hydrogen) atoms. The van der Waals surface area contributed by atoms with Crippen molar-refractivity contribution in [1.82, 2.24) is 9.78 Å². The summed E-state index contributed by atoms with van der Waals surface area (Å²) >= 11 is 1.40. The van der Waals surface area contributed by atoms with Crippen molar-refractivity contribution in [1.29, 1.82) is 0 Å². The van der Waals surface area contributed by atoms with E-state index >= 15 is 0 Å². The molecule has 0 aliphatic heterocycles. The molecule has 2 heterocycles. The summed E-state index contributed by atoms with van der Waals surface area (Å²) < 4.78 is 11.4. The Morgan fingerprint density at radius 2 is 2.26 bits per heavy atom. The third-order valence-electron chi connectivity index (χ3n) is 3.13. The van der Waals surface area contributed by atoms with Gasteiger partial charge < -0.3 is 9.15 Å². The fraction of sp³-hybridized carbons (Fsp3) is 0.143. The van der Waals surface area contributed by atoms with Crippen LogP contribution in [0.15, 0.2) is 44.9 Å². The van der Waals surface area contributed by atoms with Crippen molar-refractivity contribution in [2.45, 2.75) is 6.54 Å². The van der Waals surface area contributed by atoms with Crippen LogP contribution in [-0.2, 0) is 6.54 Å². The van der Waals surface area contributed by atoms with E-state index in [4.69, 9.17) is 9.15 Å². The molecule has 118 valence electrons. The van der Waals surface area contributed by atoms with E-state index in [1.54, 1.807) is 6.07 Å². The predicted octanol–water partition coefficient (Wildman–Crippen LogP) is 2.53. The Hall–Kier alpha value is -2.94. The first-order chi connectivity index (χ1) is 11.1. The van der Waals surface area contributed by atoms with E-state index in [0.717, 1.165) is 9.56 Å². The minimum atomic E-state index is -0.637. The third kappa shape index (κ3) is 2.99. The smallest absolute Gasteiger partial charge is 0.437 e. The number of aromatic nitrogens is 2. The zero-order valence-electron chi connectivity index (χ0n) is 12.0. The van der Waals surface area contributed by atoms with Gasteiger partial charge in [-0.25, -0.2) is 4.79 Å². The number of benzene rings is 1. The number of nitrogens with zero attached hydrogens (tertiary/aromatic N) is 3. The molecule has 0 bridgehead atoms. The standard InChI is InChI=1S/C14H11N3O5S/c1-21-11-5-4-10(17(19)20)7-9(11)8-16-14(18)22-13(15-16)12-3-2-6-23-12/h2-7H,8H2,1H3. The molecule has 0 atom stereocenters. The maximum atomic E-state index is 11.9. The lowest BCUT2D eigenvalue weighted by molar-refractivity contribution is -0.384. The fourth-order valence-electron chi connectivity index (χ4n) is 2.07. The lowest BCUT2D eigenvalue weighted by atomic mass is 10.2. The summed E-state index contributed by atoms with van der Waals surface area (Å²) in [6.07, 6.45) is 0. The number of thiophene rings is 1. The second-order valence-corrected chi connectivity index (χ2v) is 5.51. The van der Waals surface area contributed by atoms with Gasteiger partial charge in [0.05, 0.1) is 23.5 Å². The van der Waals surface area contributed by atoms with E-state index in [1.807, 2.05) is 11.4 Å². The Morgan fingerprint density at radius 3 is 2.91 bits per heavy atom. The lowest BCUT2D eigenvalue weighted by Gasteiger charge is -2.07. The van der Waals surface area contributed by atoms with Crippen LogP contribution in [-0.4, -0.2) is 21.8 Å². The van der Waals surface area contributed by atoms with Gasteiger partial charge in [-0.2, -0.15) is 4.68 Å². The Bertz CT molecular complexity index is 898. The van der Waals surface area contributed by atoms with E-state index < -0.39 is 10.7 Å². The van der Waals surface area contributed by atoms with Crippen molar-refractivity contribution in [3.8, 4) is 16.5 Å². The summed E-state index contributed by atoms with van der Waals surface area (Å²) in [6.45, 7) is 0.0125. The molecule has 0 spiro atoms. The number of nitro benzene ring substituents is 1. The van der Waals surface area contributed by atoms with Crippen LogP contribution >= 0.6 is 11.3 Å². The molecule has 0 amide bonds. The van der Waals surface area contributed by atoms with Gasteiger partial charge in [0.15, 0.2) is 0 Å². The molecule has 0 saturated heterocycles. The molecule has 0 saturated carbocycles. The highest BCUT2D eigenvalue weighted by atomic mass is 32.1. The van der Waals surface area contributed by atoms with Crippen LogP contribution in [0.2, 0.25) is 0 Å². The summed E-state index contributed by atoms with van der Waals surface area (Å²) in [5.74, 6) is 0.0135. The number of non-ortho nitro benzene ring substituents is 1. The molecule has 0 aliphatic rings. The Kier molecular flexibility index (Phi) is 3.94. The fourth-order valence-corrected chi connectivity index (χ4v) is 2.71. The maximum absolute atomic E-state index is 11.9. The molecule has 0 radical (unpaired) electrons. The molecule has 0 fully saturated rings. The molecule has 3 aromatic rings. The normalized spacial score (nSPS) is 10.7. The van der Waals surface area contributed by atoms with Crippen molar-refractivity contribution in [2.75, 3.05) is 7.11 Å². The van der Waals surface area contributed by atoms with E-state index in [1.165, 1.54) is 36.6 Å². The Labute approximate surface area is 133 Å². The zero-order chi connectivity index (χ0) is 16.4. The minimum absolute atomic E-state index is 0.0125. The molecule has 9 heteroatoms. The highest BCUT2D eigenvalue weighted by Crippen LogP contribution is 2.25. The van der Waals surface area contributed by atoms with Crippen LogP contribution in [0.25, 0.3) is 10.8 Å². The van der Waals surface area contributed by atoms with Gasteiger partial charge in [-0.15, -0.1) is 16.4 Å². The number of hydrogen-bond donors (Lipinski definition) is 0. The first kappa shape index (κ1) is 15.0. The summed E-state index contributed by atoms with van der Waals surface area (Å²) in [7, 11) is 1.45. The molecule has 2 aromatic heterocycles. The van der Waals surface area contributed by atoms with Gasteiger partial charge >= 0.3 is 5.76 Å². The van der Waals surface area contributed by atoms with Gasteiger partial charge in [0.1, 0.15) is 5.75 Å². The summed E-state index contributed by atoms with van der Waals surface area (Å²) in [5, 5.41) is 16.9. The van der Waals surface area contributed by atoms with Crippen LogP contribution in [0, 0.1) is 10.1 Å². The largest absolute Gasteiger partial charge is 0.496 e. The number of ether oxygens (including phenoxy) is 1. The van der Waals surface area contributed by atoms with Crippen LogP contribution in [0.1, 0.15) is 5.56 Å². The van der Waals surface area contributed by atoms with Crippen molar-refractivity contribution in [3.63, 3.8) is 0 Å². The van der Waals surface area contributed by atoms with E-state index in [0.29, 0.717) is 11.3 Å². The minimum Gasteiger partial charge on any atom is -0.496 e. The first-order valence-corrected chi connectivity index (χ1v) is 7.39. The van der Waals surface area contributed by atoms with E-state index in [2.05, 4.69) is 5.10 Å². The predicted molar refractivity (Wildman–Crippen MR) is 82.8 cm³/mol. The van der Waals surface area contributed by atoms with Gasteiger partial charge in [0.2, 0.25) is 0 Å². The topological polar surface area (TPSA) is 100 Å². The summed E-state index contributed by atoms with van der Waals surface area (Å²) in [5.41, 5.74) is 0.380. The summed E-state index contributed by atoms with van der Waals surface area (Å²) in [6, 6.07) is 7.78. The molecule has 0 aliphatic carbocycles. The van der Waals surface area contributed by atoms with Crippen LogP contribution in [0.4, 0.5) is 5.69 Å². The van der Waals surface area contributed by atoms with Crippen molar-refractivity contribution < 1.29 is 14.1 Å². The second-order valence-electron chi connectivity index (χ2n) is 4.56. The van der Waals surface area contributed by atoms with Gasteiger partial charge in [0, 0.05) is 17.7 Å². The number of methoxy groups -OCH3 is 1. The van der Waals surface area contributed by atoms with Gasteiger partial charge in [-0.05, 0) is 17.5 Å². The molecule has 1 aromatic carbocycles. The van der Waals surface area contributed by atoms with E-state index in [9.17, 15) is 14.9 Å². The Balaban J connectivity index is 1.97. The highest BCUT2D eigenvalue weighted by molar-refractivity contribution is 7.13. The first-order valence-electron chi connectivity index (χ1n) is 6.51. The molecular formula is C14H11N3O5S. The van der Waals surface area contributed by atoms with Gasteiger partial charge in [0.25, 0.3) is 11.6 Å². The summed E-state index contributed by atoms with van der Waals surface area (Å²) in [4.78, 5) is 23.0. The molecule has 0 N–H and O–H groups in total. The van der Waals surface area contributed by atoms with Crippen LogP contribution in [0.3, 0.4) is 0 Å². The molecule has 8 nitrogen and oxygen atoms in total. The number of rotatable bonds is 5. The van der Waals surface area contributed by atoms with Crippen molar-refractivity contribution in [2.24, 2.45) is 0 Å². The molecule has 3 rings (SSSR count). The Morgan fingerprint density at radius 1 is 1.43 bits per heavy atom. The SMILES string of the molecule is COc1ccc([N+](=O)[O-])cc1Cn1nc(-c2cccs2)oc1=O. The highest BCUT2D eigenvalue weighted by Gasteiger charge is 2.16. The zero-order valence-corrected chi connectivity index (χ0v) is 12.8. The van der Waals surface area contributed by atoms with Gasteiger partial charge in [-0.1, -0.05) is 6.07 Å². The average Bonchev–Trinajstić information content (AvgIpc) is 3.17. The van der Waals surface area contributed by atoms with Crippen molar-refractivity contribution in [3.05, 3.63) is 61.9 Å². The third-order valence-corrected chi connectivity index (χ3v) is 3.99. The maximum Gasteiger partial charge on any atom is 0.437 e. The molecular weight excluding hydrogens is 322 g/mol. The van der Waals surface area contributed by atoms with Crippen molar-refractivity contribution >= 4 is 17.0 Å². The number of nitro groups is 1. The molecule has 0 unspecified atom stereocenters. The number of hydrogen-bond acceptors (Lipinski definition) is 7. The lowest BCUT2D eigenvalue weighted by Crippen LogP contribution is -2.17. The van der Waals surface area contributed by atoms with E-state index in [-0.39, 0.29) is 18.1 Å². The van der Waals surface area contributed by atoms with Crippen LogP contribution < -0.4 is 10.5 Å².